The zero-order chi connectivity index (χ0) is 18.8. The first-order valence-corrected chi connectivity index (χ1v) is 7.84. The summed E-state index contributed by atoms with van der Waals surface area (Å²) in [6.45, 7) is -0.210. The van der Waals surface area contributed by atoms with Crippen LogP contribution in [0.1, 0.15) is 16.8 Å². The summed E-state index contributed by atoms with van der Waals surface area (Å²) in [5, 5.41) is 2.60. The Hall–Kier alpha value is -3.42. The maximum absolute atomic E-state index is 12.7. The predicted octanol–water partition coefficient (Wildman–Crippen LogP) is 1.17. The van der Waals surface area contributed by atoms with Crippen molar-refractivity contribution in [2.75, 3.05) is 13.2 Å². The average Bonchev–Trinajstić information content (AvgIpc) is 2.66. The van der Waals surface area contributed by atoms with Crippen LogP contribution in [0.15, 0.2) is 54.6 Å². The fourth-order valence-corrected chi connectivity index (χ4v) is 1.90. The zero-order valence-corrected chi connectivity index (χ0v) is 13.8. The molecule has 0 aliphatic rings. The van der Waals surface area contributed by atoms with Crippen LogP contribution in [-0.4, -0.2) is 30.9 Å². The van der Waals surface area contributed by atoms with E-state index in [9.17, 15) is 18.8 Å². The van der Waals surface area contributed by atoms with Crippen LogP contribution < -0.4 is 20.9 Å². The molecular weight excluding hydrogens is 341 g/mol. The molecule has 0 radical (unpaired) electrons. The molecule has 0 aliphatic heterocycles. The minimum atomic E-state index is -0.573. The summed E-state index contributed by atoms with van der Waals surface area (Å²) in [6, 6.07) is 13.8. The number of hydrogen-bond donors (Lipinski definition) is 3. The number of halogens is 1. The third kappa shape index (κ3) is 6.60. The molecular formula is C18H18FN3O4. The third-order valence-corrected chi connectivity index (χ3v) is 3.20. The molecule has 0 aliphatic carbocycles. The summed E-state index contributed by atoms with van der Waals surface area (Å²) in [5.74, 6) is -1.40. The Morgan fingerprint density at radius 1 is 0.885 bits per heavy atom. The van der Waals surface area contributed by atoms with Crippen molar-refractivity contribution in [2.45, 2.75) is 6.42 Å². The van der Waals surface area contributed by atoms with E-state index in [-0.39, 0.29) is 25.5 Å². The van der Waals surface area contributed by atoms with Gasteiger partial charge in [-0.15, -0.1) is 0 Å². The Kier molecular flexibility index (Phi) is 7.11. The number of amides is 3. The number of carbonyl (C=O) groups excluding carboxylic acids is 3. The number of benzene rings is 2. The number of nitrogens with one attached hydrogen (secondary N) is 3. The lowest BCUT2D eigenvalue weighted by atomic mass is 10.2. The van der Waals surface area contributed by atoms with E-state index in [1.54, 1.807) is 30.3 Å². The van der Waals surface area contributed by atoms with Crippen LogP contribution in [0.4, 0.5) is 4.39 Å². The van der Waals surface area contributed by atoms with Crippen LogP contribution in [0, 0.1) is 5.82 Å². The van der Waals surface area contributed by atoms with E-state index in [0.29, 0.717) is 11.3 Å². The van der Waals surface area contributed by atoms with E-state index >= 15 is 0 Å². The fourth-order valence-electron chi connectivity index (χ4n) is 1.90. The van der Waals surface area contributed by atoms with Crippen molar-refractivity contribution in [3.8, 4) is 5.75 Å². The van der Waals surface area contributed by atoms with Gasteiger partial charge in [-0.25, -0.2) is 4.39 Å². The molecule has 0 fully saturated rings. The van der Waals surface area contributed by atoms with Crippen LogP contribution in [-0.2, 0) is 9.59 Å². The summed E-state index contributed by atoms with van der Waals surface area (Å²) in [4.78, 5) is 35.0. The Bertz CT molecular complexity index is 751. The molecule has 2 aromatic carbocycles. The van der Waals surface area contributed by atoms with Crippen LogP contribution in [0.3, 0.4) is 0 Å². The molecule has 0 spiro atoms. The largest absolute Gasteiger partial charge is 0.484 e. The van der Waals surface area contributed by atoms with Gasteiger partial charge in [0.25, 0.3) is 11.8 Å². The minimum Gasteiger partial charge on any atom is -0.484 e. The van der Waals surface area contributed by atoms with Gasteiger partial charge in [0.2, 0.25) is 5.91 Å². The lowest BCUT2D eigenvalue weighted by Crippen LogP contribution is -2.44. The van der Waals surface area contributed by atoms with E-state index in [0.717, 1.165) is 0 Å². The highest BCUT2D eigenvalue weighted by Crippen LogP contribution is 2.10. The number of ether oxygens (including phenoxy) is 1. The van der Waals surface area contributed by atoms with Crippen molar-refractivity contribution in [1.82, 2.24) is 16.2 Å². The standard InChI is InChI=1S/C18H18FN3O4/c19-14-6-8-15(9-7-14)26-12-17(24)22-21-16(23)10-11-20-18(25)13-4-2-1-3-5-13/h1-9H,10-12H2,(H,20,25)(H,21,23)(H,22,24). The van der Waals surface area contributed by atoms with Crippen molar-refractivity contribution < 1.29 is 23.5 Å². The van der Waals surface area contributed by atoms with Gasteiger partial charge in [-0.2, -0.15) is 0 Å². The quantitative estimate of drug-likeness (QED) is 0.647. The normalized spacial score (nSPS) is 9.88. The zero-order valence-electron chi connectivity index (χ0n) is 13.8. The molecule has 26 heavy (non-hydrogen) atoms. The number of hydrazine groups is 1. The Labute approximate surface area is 149 Å². The van der Waals surface area contributed by atoms with Crippen molar-refractivity contribution in [3.63, 3.8) is 0 Å². The third-order valence-electron chi connectivity index (χ3n) is 3.20. The van der Waals surface area contributed by atoms with Gasteiger partial charge >= 0.3 is 0 Å². The monoisotopic (exact) mass is 359 g/mol. The van der Waals surface area contributed by atoms with Gasteiger partial charge in [-0.1, -0.05) is 18.2 Å². The van der Waals surface area contributed by atoms with Crippen molar-refractivity contribution in [3.05, 3.63) is 66.0 Å². The molecule has 0 atom stereocenters. The van der Waals surface area contributed by atoms with E-state index in [2.05, 4.69) is 16.2 Å². The molecule has 0 saturated carbocycles. The maximum atomic E-state index is 12.7. The molecule has 8 heteroatoms. The average molecular weight is 359 g/mol. The molecule has 0 unspecified atom stereocenters. The van der Waals surface area contributed by atoms with Gasteiger partial charge < -0.3 is 10.1 Å². The molecule has 0 heterocycles. The molecule has 2 rings (SSSR count). The second-order valence-corrected chi connectivity index (χ2v) is 5.21. The van der Waals surface area contributed by atoms with Gasteiger partial charge in [0.15, 0.2) is 6.61 Å². The SMILES string of the molecule is O=C(CCNC(=O)c1ccccc1)NNC(=O)COc1ccc(F)cc1. The fraction of sp³-hybridized carbons (Fsp3) is 0.167. The van der Waals surface area contributed by atoms with Crippen LogP contribution in [0.5, 0.6) is 5.75 Å². The molecule has 0 bridgehead atoms. The van der Waals surface area contributed by atoms with Gasteiger partial charge in [-0.05, 0) is 36.4 Å². The lowest BCUT2D eigenvalue weighted by molar-refractivity contribution is -0.129. The highest BCUT2D eigenvalue weighted by molar-refractivity contribution is 5.94. The van der Waals surface area contributed by atoms with Crippen molar-refractivity contribution in [1.29, 1.82) is 0 Å². The lowest BCUT2D eigenvalue weighted by Gasteiger charge is -2.09. The van der Waals surface area contributed by atoms with Crippen LogP contribution in [0.25, 0.3) is 0 Å². The molecule has 3 N–H and O–H groups in total. The van der Waals surface area contributed by atoms with E-state index < -0.39 is 17.6 Å². The van der Waals surface area contributed by atoms with Crippen molar-refractivity contribution in [2.24, 2.45) is 0 Å². The predicted molar refractivity (Wildman–Crippen MR) is 91.6 cm³/mol. The molecule has 136 valence electrons. The Morgan fingerprint density at radius 2 is 1.54 bits per heavy atom. The first-order valence-electron chi connectivity index (χ1n) is 7.84. The number of carbonyl (C=O) groups is 3. The summed E-state index contributed by atoms with van der Waals surface area (Å²) < 4.78 is 17.9. The maximum Gasteiger partial charge on any atom is 0.276 e. The van der Waals surface area contributed by atoms with E-state index in [1.807, 2.05) is 0 Å². The van der Waals surface area contributed by atoms with Gasteiger partial charge in [-0.3, -0.25) is 25.2 Å². The summed E-state index contributed by atoms with van der Waals surface area (Å²) in [5.41, 5.74) is 4.89. The molecule has 0 saturated heterocycles. The second-order valence-electron chi connectivity index (χ2n) is 5.21. The minimum absolute atomic E-state index is 0.00231. The topological polar surface area (TPSA) is 96.5 Å². The molecule has 3 amide bonds. The van der Waals surface area contributed by atoms with Crippen LogP contribution in [0.2, 0.25) is 0 Å². The smallest absolute Gasteiger partial charge is 0.276 e. The van der Waals surface area contributed by atoms with Gasteiger partial charge in [0.1, 0.15) is 11.6 Å². The number of hydrogen-bond acceptors (Lipinski definition) is 4. The number of rotatable bonds is 7. The van der Waals surface area contributed by atoms with Crippen molar-refractivity contribution >= 4 is 17.7 Å². The second kappa shape index (κ2) is 9.77. The molecule has 2 aromatic rings. The summed E-state index contributed by atoms with van der Waals surface area (Å²) in [6.07, 6.45) is -0.00231. The highest BCUT2D eigenvalue weighted by atomic mass is 19.1. The van der Waals surface area contributed by atoms with Gasteiger partial charge in [0, 0.05) is 18.5 Å². The Morgan fingerprint density at radius 3 is 2.23 bits per heavy atom. The first-order chi connectivity index (χ1) is 12.5. The van der Waals surface area contributed by atoms with E-state index in [4.69, 9.17) is 4.74 Å². The van der Waals surface area contributed by atoms with E-state index in [1.165, 1.54) is 24.3 Å². The molecule has 0 aromatic heterocycles. The Balaban J connectivity index is 1.60. The first kappa shape index (κ1) is 18.9. The van der Waals surface area contributed by atoms with Crippen LogP contribution >= 0.6 is 0 Å². The van der Waals surface area contributed by atoms with Gasteiger partial charge in [0.05, 0.1) is 0 Å². The summed E-state index contributed by atoms with van der Waals surface area (Å²) >= 11 is 0. The molecule has 7 nitrogen and oxygen atoms in total. The summed E-state index contributed by atoms with van der Waals surface area (Å²) in [7, 11) is 0. The highest BCUT2D eigenvalue weighted by Gasteiger charge is 2.08.